The molecule has 2 aromatic rings. The summed E-state index contributed by atoms with van der Waals surface area (Å²) < 4.78 is 6.00. The Balaban J connectivity index is 1.37. The van der Waals surface area contributed by atoms with Crippen molar-refractivity contribution in [3.05, 3.63) is 24.2 Å². The predicted octanol–water partition coefficient (Wildman–Crippen LogP) is 2.43. The Morgan fingerprint density at radius 3 is 2.81 bits per heavy atom. The van der Waals surface area contributed by atoms with Crippen LogP contribution in [0, 0.1) is 0 Å². The topological polar surface area (TPSA) is 99.2 Å². The first-order chi connectivity index (χ1) is 13.0. The van der Waals surface area contributed by atoms with E-state index in [1.165, 1.54) is 0 Å². The van der Waals surface area contributed by atoms with E-state index in [4.69, 9.17) is 4.74 Å². The van der Waals surface area contributed by atoms with Crippen LogP contribution in [0.5, 0.6) is 5.88 Å². The van der Waals surface area contributed by atoms with Gasteiger partial charge in [0.15, 0.2) is 11.6 Å². The zero-order valence-electron chi connectivity index (χ0n) is 16.0. The highest BCUT2D eigenvalue weighted by Crippen LogP contribution is 2.40. The number of anilines is 2. The van der Waals surface area contributed by atoms with Crippen molar-refractivity contribution in [2.24, 2.45) is 0 Å². The monoisotopic (exact) mass is 372 g/mol. The highest BCUT2D eigenvalue weighted by molar-refractivity contribution is 5.51. The van der Waals surface area contributed by atoms with Gasteiger partial charge in [-0.1, -0.05) is 0 Å². The number of hydrogen-bond acceptors (Lipinski definition) is 7. The van der Waals surface area contributed by atoms with Gasteiger partial charge in [-0.05, 0) is 46.1 Å². The van der Waals surface area contributed by atoms with E-state index in [-0.39, 0.29) is 6.10 Å². The lowest BCUT2D eigenvalue weighted by atomic mass is 10.0. The third-order valence-electron chi connectivity index (χ3n) is 5.58. The molecule has 146 valence electrons. The summed E-state index contributed by atoms with van der Waals surface area (Å²) in [6.07, 6.45) is 8.06. The van der Waals surface area contributed by atoms with Crippen molar-refractivity contribution in [1.29, 1.82) is 0 Å². The minimum absolute atomic E-state index is 0.192. The number of aromatic nitrogens is 4. The number of nitrogens with one attached hydrogen (secondary N) is 2. The van der Waals surface area contributed by atoms with Crippen molar-refractivity contribution in [1.82, 2.24) is 25.1 Å². The van der Waals surface area contributed by atoms with Crippen LogP contribution >= 0.6 is 0 Å². The van der Waals surface area contributed by atoms with Gasteiger partial charge >= 0.3 is 0 Å². The molecule has 2 aromatic heterocycles. The zero-order chi connectivity index (χ0) is 18.9. The summed E-state index contributed by atoms with van der Waals surface area (Å²) in [7, 11) is 2.13. The van der Waals surface area contributed by atoms with E-state index in [2.05, 4.69) is 37.4 Å². The molecule has 0 unspecified atom stereocenters. The van der Waals surface area contributed by atoms with Crippen LogP contribution < -0.4 is 10.1 Å². The normalized spacial score (nSPS) is 27.0. The first-order valence-electron chi connectivity index (χ1n) is 9.69. The quantitative estimate of drug-likeness (QED) is 0.741. The minimum Gasteiger partial charge on any atom is -0.473 e. The maximum atomic E-state index is 10.2. The molecule has 0 aromatic carbocycles. The number of ether oxygens (including phenoxy) is 1. The summed E-state index contributed by atoms with van der Waals surface area (Å²) in [6, 6.07) is 1.98. The van der Waals surface area contributed by atoms with Gasteiger partial charge in [0.05, 0.1) is 18.0 Å². The predicted molar refractivity (Wildman–Crippen MR) is 102 cm³/mol. The molecular formula is C19H28N6O2. The highest BCUT2D eigenvalue weighted by atomic mass is 16.5. The number of aromatic amines is 1. The van der Waals surface area contributed by atoms with Gasteiger partial charge in [-0.3, -0.25) is 10.1 Å². The molecule has 1 aliphatic carbocycles. The Morgan fingerprint density at radius 2 is 2.07 bits per heavy atom. The molecule has 2 aliphatic rings. The highest BCUT2D eigenvalue weighted by Gasteiger charge is 2.34. The fraction of sp³-hybridized carbons (Fsp3) is 0.632. The van der Waals surface area contributed by atoms with Gasteiger partial charge in [-0.15, -0.1) is 0 Å². The Kier molecular flexibility index (Phi) is 5.01. The molecule has 27 heavy (non-hydrogen) atoms. The van der Waals surface area contributed by atoms with Gasteiger partial charge in [0, 0.05) is 30.8 Å². The molecule has 1 saturated heterocycles. The van der Waals surface area contributed by atoms with Gasteiger partial charge in [-0.2, -0.15) is 10.1 Å². The van der Waals surface area contributed by atoms with Crippen molar-refractivity contribution >= 4 is 11.6 Å². The molecule has 0 bridgehead atoms. The lowest BCUT2D eigenvalue weighted by Crippen LogP contribution is -2.35. The van der Waals surface area contributed by atoms with Crippen LogP contribution in [0.15, 0.2) is 18.5 Å². The van der Waals surface area contributed by atoms with Crippen LogP contribution in [0.25, 0.3) is 0 Å². The average molecular weight is 372 g/mol. The Labute approximate surface area is 159 Å². The zero-order valence-corrected chi connectivity index (χ0v) is 16.0. The standard InChI is InChI=1S/C19H28N6O2/c1-19(26)6-3-13(10-19)15-9-16(24-23-15)21-17-11-20-12-18(22-17)27-14-4-7-25(2)8-5-14/h9,11-14,26H,3-8,10H2,1-2H3,(H2,21,22,23,24)/t13-,19-/m1/s1. The maximum absolute atomic E-state index is 10.2. The first kappa shape index (κ1) is 18.2. The van der Waals surface area contributed by atoms with E-state index in [0.717, 1.165) is 50.9 Å². The van der Waals surface area contributed by atoms with Gasteiger partial charge in [0.25, 0.3) is 0 Å². The van der Waals surface area contributed by atoms with Crippen molar-refractivity contribution in [2.45, 2.75) is 56.7 Å². The fourth-order valence-corrected chi connectivity index (χ4v) is 3.97. The summed E-state index contributed by atoms with van der Waals surface area (Å²) in [4.78, 5) is 11.0. The third-order valence-corrected chi connectivity index (χ3v) is 5.58. The number of hydrogen-bond donors (Lipinski definition) is 3. The number of H-pyrrole nitrogens is 1. The molecular weight excluding hydrogens is 344 g/mol. The summed E-state index contributed by atoms with van der Waals surface area (Å²) in [5.74, 6) is 2.16. The van der Waals surface area contributed by atoms with Crippen LogP contribution in [-0.4, -0.2) is 62.0 Å². The van der Waals surface area contributed by atoms with Crippen molar-refractivity contribution in [3.8, 4) is 5.88 Å². The van der Waals surface area contributed by atoms with E-state index in [1.54, 1.807) is 12.4 Å². The number of nitrogens with zero attached hydrogens (tertiary/aromatic N) is 4. The fourth-order valence-electron chi connectivity index (χ4n) is 3.97. The van der Waals surface area contributed by atoms with Gasteiger partial charge in [0.2, 0.25) is 5.88 Å². The molecule has 0 spiro atoms. The van der Waals surface area contributed by atoms with E-state index >= 15 is 0 Å². The molecule has 2 fully saturated rings. The molecule has 1 saturated carbocycles. The van der Waals surface area contributed by atoms with Crippen molar-refractivity contribution in [2.75, 3.05) is 25.5 Å². The van der Waals surface area contributed by atoms with Gasteiger partial charge < -0.3 is 20.1 Å². The Morgan fingerprint density at radius 1 is 1.26 bits per heavy atom. The van der Waals surface area contributed by atoms with Crippen LogP contribution in [-0.2, 0) is 0 Å². The van der Waals surface area contributed by atoms with Crippen LogP contribution in [0.1, 0.15) is 50.6 Å². The van der Waals surface area contributed by atoms with Crippen LogP contribution in [0.3, 0.4) is 0 Å². The maximum Gasteiger partial charge on any atom is 0.234 e. The molecule has 8 nitrogen and oxygen atoms in total. The summed E-state index contributed by atoms with van der Waals surface area (Å²) in [5.41, 5.74) is 0.469. The molecule has 3 heterocycles. The number of likely N-dealkylation sites (tertiary alicyclic amines) is 1. The number of piperidine rings is 1. The SMILES string of the molecule is CN1CCC(Oc2cncc(Nc3cc([C@@H]4CC[C@@](C)(O)C4)[nH]n3)n2)CC1. The van der Waals surface area contributed by atoms with E-state index < -0.39 is 5.60 Å². The van der Waals surface area contributed by atoms with Crippen molar-refractivity contribution < 1.29 is 9.84 Å². The minimum atomic E-state index is -0.575. The van der Waals surface area contributed by atoms with E-state index in [1.807, 2.05) is 13.0 Å². The molecule has 4 rings (SSSR count). The largest absolute Gasteiger partial charge is 0.473 e. The lowest BCUT2D eigenvalue weighted by molar-refractivity contribution is 0.0664. The lowest BCUT2D eigenvalue weighted by Gasteiger charge is -2.28. The summed E-state index contributed by atoms with van der Waals surface area (Å²) in [5, 5.41) is 20.8. The second kappa shape index (κ2) is 7.44. The second-order valence-corrected chi connectivity index (χ2v) is 8.13. The number of rotatable bonds is 5. The van der Waals surface area contributed by atoms with E-state index in [0.29, 0.717) is 23.4 Å². The van der Waals surface area contributed by atoms with Gasteiger partial charge in [0.1, 0.15) is 6.10 Å². The average Bonchev–Trinajstić information content (AvgIpc) is 3.23. The molecule has 1 aliphatic heterocycles. The molecule has 0 amide bonds. The summed E-state index contributed by atoms with van der Waals surface area (Å²) in [6.45, 7) is 3.98. The Bertz CT molecular complexity index is 769. The van der Waals surface area contributed by atoms with Crippen LogP contribution in [0.4, 0.5) is 11.6 Å². The molecule has 0 radical (unpaired) electrons. The third kappa shape index (κ3) is 4.56. The first-order valence-corrected chi connectivity index (χ1v) is 9.69. The molecule has 8 heteroatoms. The molecule has 2 atom stereocenters. The number of aliphatic hydroxyl groups is 1. The molecule has 3 N–H and O–H groups in total. The van der Waals surface area contributed by atoms with Crippen molar-refractivity contribution in [3.63, 3.8) is 0 Å². The smallest absolute Gasteiger partial charge is 0.234 e. The van der Waals surface area contributed by atoms with Gasteiger partial charge in [-0.25, -0.2) is 0 Å². The Hall–Kier alpha value is -2.19. The summed E-state index contributed by atoms with van der Waals surface area (Å²) >= 11 is 0. The second-order valence-electron chi connectivity index (χ2n) is 8.13. The van der Waals surface area contributed by atoms with Crippen LogP contribution in [0.2, 0.25) is 0 Å². The van der Waals surface area contributed by atoms with E-state index in [9.17, 15) is 5.11 Å².